The van der Waals surface area contributed by atoms with Crippen molar-refractivity contribution in [3.05, 3.63) is 5.21 Å². The number of hydroxylamine groups is 2. The first-order valence-electron chi connectivity index (χ1n) is 2.50. The van der Waals surface area contributed by atoms with Crippen molar-refractivity contribution >= 4 is 0 Å². The van der Waals surface area contributed by atoms with Crippen LogP contribution in [0.15, 0.2) is 0 Å². The maximum Gasteiger partial charge on any atom is 0.107 e. The normalized spacial score (nSPS) is 51.0. The summed E-state index contributed by atoms with van der Waals surface area (Å²) in [6, 6.07) is 0.299. The number of rotatable bonds is 0. The number of hydrogen-bond donors (Lipinski definition) is 2. The molecule has 7 heavy (non-hydrogen) atoms. The van der Waals surface area contributed by atoms with Crippen molar-refractivity contribution in [1.29, 1.82) is 0 Å². The molecule has 1 aliphatic heterocycles. The van der Waals surface area contributed by atoms with E-state index in [1.54, 1.807) is 0 Å². The summed E-state index contributed by atoms with van der Waals surface area (Å²) in [6.45, 7) is 2.47. The Morgan fingerprint density at radius 3 is 2.43 bits per heavy atom. The summed E-state index contributed by atoms with van der Waals surface area (Å²) >= 11 is 0. The van der Waals surface area contributed by atoms with E-state index in [1.807, 2.05) is 6.92 Å². The van der Waals surface area contributed by atoms with Gasteiger partial charge in [-0.3, -0.25) is 0 Å². The highest BCUT2D eigenvalue weighted by atomic mass is 16.5. The molecule has 3 atom stereocenters. The van der Waals surface area contributed by atoms with Crippen LogP contribution in [0.4, 0.5) is 0 Å². The molecular formula is C4H10N2O. The van der Waals surface area contributed by atoms with Crippen LogP contribution in [0.3, 0.4) is 0 Å². The molecule has 0 aromatic heterocycles. The predicted octanol–water partition coefficient (Wildman–Crippen LogP) is -1.90. The van der Waals surface area contributed by atoms with E-state index < -0.39 is 0 Å². The molecule has 1 rings (SSSR count). The van der Waals surface area contributed by atoms with E-state index in [2.05, 4.69) is 0 Å². The summed E-state index contributed by atoms with van der Waals surface area (Å²) in [5, 5.41) is 10.7. The van der Waals surface area contributed by atoms with Gasteiger partial charge in [-0.15, -0.1) is 0 Å². The lowest BCUT2D eigenvalue weighted by Gasteiger charge is -2.43. The Bertz CT molecular complexity index is 68.1. The highest BCUT2D eigenvalue weighted by Crippen LogP contribution is 1.89. The molecule has 3 nitrogen and oxygen atoms in total. The Morgan fingerprint density at radius 1 is 1.86 bits per heavy atom. The maximum atomic E-state index is 10.4. The fourth-order valence-corrected chi connectivity index (χ4v) is 0.673. The molecule has 0 aromatic rings. The van der Waals surface area contributed by atoms with Gasteiger partial charge in [-0.2, -0.15) is 0 Å². The van der Waals surface area contributed by atoms with E-state index in [0.717, 1.165) is 0 Å². The van der Waals surface area contributed by atoms with Crippen molar-refractivity contribution in [1.82, 2.24) is 0 Å². The molecule has 0 radical (unpaired) electrons. The molecule has 1 fully saturated rings. The van der Waals surface area contributed by atoms with Crippen LogP contribution in [0, 0.1) is 5.21 Å². The lowest BCUT2D eigenvalue weighted by molar-refractivity contribution is -0.920. The fourth-order valence-electron chi connectivity index (χ4n) is 0.673. The molecule has 3 unspecified atom stereocenters. The first-order valence-corrected chi connectivity index (χ1v) is 2.50. The molecule has 1 aliphatic rings. The highest BCUT2D eigenvalue weighted by Gasteiger charge is 2.31. The van der Waals surface area contributed by atoms with Crippen LogP contribution in [0.2, 0.25) is 0 Å². The third kappa shape index (κ3) is 0.627. The SMILES string of the molecule is CC1C(N)C[NH+]1[O-]. The lowest BCUT2D eigenvalue weighted by atomic mass is 10.0. The molecule has 3 heteroatoms. The summed E-state index contributed by atoms with van der Waals surface area (Å²) in [7, 11) is 0. The molecule has 0 saturated carbocycles. The quantitative estimate of drug-likeness (QED) is 0.351. The zero-order valence-corrected chi connectivity index (χ0v) is 4.35. The van der Waals surface area contributed by atoms with Gasteiger partial charge in [0.2, 0.25) is 0 Å². The van der Waals surface area contributed by atoms with Gasteiger partial charge in [0.15, 0.2) is 0 Å². The summed E-state index contributed by atoms with van der Waals surface area (Å²) in [6.07, 6.45) is 0. The average molecular weight is 102 g/mol. The van der Waals surface area contributed by atoms with Crippen molar-refractivity contribution < 1.29 is 5.06 Å². The summed E-state index contributed by atoms with van der Waals surface area (Å²) in [5.74, 6) is 0. The Hall–Kier alpha value is -0.120. The minimum atomic E-state index is 0.139. The van der Waals surface area contributed by atoms with E-state index >= 15 is 0 Å². The van der Waals surface area contributed by atoms with E-state index in [0.29, 0.717) is 11.6 Å². The van der Waals surface area contributed by atoms with Crippen molar-refractivity contribution in [2.24, 2.45) is 5.73 Å². The molecular weight excluding hydrogens is 92.1 g/mol. The molecule has 0 aliphatic carbocycles. The van der Waals surface area contributed by atoms with Crippen LogP contribution in [0.5, 0.6) is 0 Å². The Balaban J connectivity index is 2.29. The molecule has 0 amide bonds. The van der Waals surface area contributed by atoms with Crippen LogP contribution < -0.4 is 10.8 Å². The molecule has 0 spiro atoms. The van der Waals surface area contributed by atoms with Gasteiger partial charge < -0.3 is 16.0 Å². The lowest BCUT2D eigenvalue weighted by Crippen LogP contribution is -3.22. The second kappa shape index (κ2) is 1.43. The molecule has 1 saturated heterocycles. The molecule has 0 bridgehead atoms. The van der Waals surface area contributed by atoms with Gasteiger partial charge in [0.25, 0.3) is 0 Å². The van der Waals surface area contributed by atoms with Crippen LogP contribution in [-0.2, 0) is 0 Å². The van der Waals surface area contributed by atoms with Gasteiger partial charge in [0, 0.05) is 0 Å². The van der Waals surface area contributed by atoms with Crippen LogP contribution >= 0.6 is 0 Å². The second-order valence-corrected chi connectivity index (χ2v) is 2.12. The smallest absolute Gasteiger partial charge is 0.107 e. The monoisotopic (exact) mass is 102 g/mol. The second-order valence-electron chi connectivity index (χ2n) is 2.12. The van der Waals surface area contributed by atoms with Crippen molar-refractivity contribution in [3.8, 4) is 0 Å². The predicted molar refractivity (Wildman–Crippen MR) is 26.6 cm³/mol. The molecule has 3 N–H and O–H groups in total. The molecule has 1 heterocycles. The fraction of sp³-hybridized carbons (Fsp3) is 1.00. The Morgan fingerprint density at radius 2 is 2.43 bits per heavy atom. The van der Waals surface area contributed by atoms with Gasteiger partial charge in [-0.05, 0) is 6.92 Å². The van der Waals surface area contributed by atoms with Gasteiger partial charge in [-0.1, -0.05) is 0 Å². The van der Waals surface area contributed by atoms with Crippen molar-refractivity contribution in [3.63, 3.8) is 0 Å². The largest absolute Gasteiger partial charge is 0.634 e. The average Bonchev–Trinajstić information content (AvgIpc) is 1.68. The van der Waals surface area contributed by atoms with Crippen LogP contribution in [-0.4, -0.2) is 18.6 Å². The van der Waals surface area contributed by atoms with Gasteiger partial charge in [-0.25, -0.2) is 0 Å². The Kier molecular flexibility index (Phi) is 1.03. The highest BCUT2D eigenvalue weighted by molar-refractivity contribution is 4.74. The summed E-state index contributed by atoms with van der Waals surface area (Å²) in [4.78, 5) is 0. The Labute approximate surface area is 42.7 Å². The standard InChI is InChI=1S/C4H10N2O/c1-3-4(5)2-6(3)7/h3-4,6H,2,5H2,1H3. The van der Waals surface area contributed by atoms with E-state index in [9.17, 15) is 5.21 Å². The maximum absolute atomic E-state index is 10.4. The number of nitrogens with two attached hydrogens (primary N) is 1. The van der Waals surface area contributed by atoms with Crippen molar-refractivity contribution in [2.75, 3.05) is 6.54 Å². The van der Waals surface area contributed by atoms with Gasteiger partial charge >= 0.3 is 0 Å². The third-order valence-electron chi connectivity index (χ3n) is 1.59. The van der Waals surface area contributed by atoms with Gasteiger partial charge in [0.1, 0.15) is 12.1 Å². The van der Waals surface area contributed by atoms with E-state index in [-0.39, 0.29) is 12.1 Å². The topological polar surface area (TPSA) is 53.5 Å². The number of hydrogen-bond acceptors (Lipinski definition) is 2. The number of quaternary nitrogens is 1. The van der Waals surface area contributed by atoms with Crippen LogP contribution in [0.1, 0.15) is 6.92 Å². The first kappa shape index (κ1) is 5.03. The van der Waals surface area contributed by atoms with Crippen LogP contribution in [0.25, 0.3) is 0 Å². The van der Waals surface area contributed by atoms with E-state index in [1.165, 1.54) is 0 Å². The first-order chi connectivity index (χ1) is 3.22. The molecule has 0 aromatic carbocycles. The zero-order chi connectivity index (χ0) is 5.44. The summed E-state index contributed by atoms with van der Waals surface area (Å²) < 4.78 is 0. The minimum absolute atomic E-state index is 0.139. The van der Waals surface area contributed by atoms with Gasteiger partial charge in [0.05, 0.1) is 6.54 Å². The van der Waals surface area contributed by atoms with E-state index in [4.69, 9.17) is 5.73 Å². The van der Waals surface area contributed by atoms with Crippen molar-refractivity contribution in [2.45, 2.75) is 19.0 Å². The summed E-state index contributed by atoms with van der Waals surface area (Å²) in [5.41, 5.74) is 5.39. The third-order valence-corrected chi connectivity index (χ3v) is 1.59. The zero-order valence-electron chi connectivity index (χ0n) is 4.35. The minimum Gasteiger partial charge on any atom is -0.634 e. The molecule has 42 valence electrons. The number of nitrogens with one attached hydrogen (secondary N) is 1.